The Kier molecular flexibility index (Phi) is 21.6. The molecule has 0 saturated heterocycles. The maximum absolute atomic E-state index is 13.6. The van der Waals surface area contributed by atoms with Crippen molar-refractivity contribution < 1.29 is 68.4 Å². The van der Waals surface area contributed by atoms with Gasteiger partial charge in [0.05, 0.1) is 37.9 Å². The molecule has 0 radical (unpaired) electrons. The van der Waals surface area contributed by atoms with Gasteiger partial charge < -0.3 is 86.0 Å². The predicted molar refractivity (Wildman–Crippen MR) is 203 cm³/mol. The highest BCUT2D eigenvalue weighted by molar-refractivity contribution is 5.98. The summed E-state index contributed by atoms with van der Waals surface area (Å²) in [7, 11) is 0. The molecule has 0 fully saturated rings. The molecule has 0 aromatic carbocycles. The van der Waals surface area contributed by atoms with Crippen LogP contribution in [-0.2, 0) is 54.4 Å². The van der Waals surface area contributed by atoms with E-state index in [-0.39, 0.29) is 50.3 Å². The van der Waals surface area contributed by atoms with Gasteiger partial charge in [-0.25, -0.2) is 9.78 Å². The molecular weight excluding hydrogens is 804 g/mol. The Morgan fingerprint density at radius 3 is 1.73 bits per heavy atom. The second-order valence-electron chi connectivity index (χ2n) is 13.2. The maximum atomic E-state index is 13.6. The number of carbonyl (C=O) groups is 10. The summed E-state index contributed by atoms with van der Waals surface area (Å²) in [5.41, 5.74) is 26.9. The number of carboxylic acids is 2. The minimum absolute atomic E-state index is 0.00759. The minimum Gasteiger partial charge on any atom is -0.481 e. The lowest BCUT2D eigenvalue weighted by Crippen LogP contribution is -2.61. The lowest BCUT2D eigenvalue weighted by atomic mass is 10.1. The first-order valence-corrected chi connectivity index (χ1v) is 18.0. The van der Waals surface area contributed by atoms with Crippen LogP contribution in [0.3, 0.4) is 0 Å². The van der Waals surface area contributed by atoms with Gasteiger partial charge in [-0.15, -0.1) is 0 Å². The molecule has 0 spiro atoms. The molecule has 0 saturated carbocycles. The first-order chi connectivity index (χ1) is 28.0. The Hall–Kier alpha value is -6.94. The lowest BCUT2D eigenvalue weighted by molar-refractivity contribution is -0.145. The van der Waals surface area contributed by atoms with Gasteiger partial charge in [0.25, 0.3) is 0 Å². The summed E-state index contributed by atoms with van der Waals surface area (Å²) in [6.45, 7) is -0.162. The number of nitrogens with two attached hydrogens (primary N) is 5. The summed E-state index contributed by atoms with van der Waals surface area (Å²) >= 11 is 0. The van der Waals surface area contributed by atoms with Gasteiger partial charge in [-0.2, -0.15) is 0 Å². The Labute approximate surface area is 340 Å². The number of aromatic nitrogens is 2. The summed E-state index contributed by atoms with van der Waals surface area (Å²) in [6.07, 6.45) is -2.14. The molecular formula is C32H52N14O14. The number of carbonyl (C=O) groups excluding carboxylic acids is 8. The number of rotatable bonds is 28. The van der Waals surface area contributed by atoms with Crippen molar-refractivity contribution in [1.82, 2.24) is 41.9 Å². The number of aliphatic hydroxyl groups excluding tert-OH is 2. The van der Waals surface area contributed by atoms with E-state index in [4.69, 9.17) is 28.7 Å². The molecule has 0 aliphatic carbocycles. The van der Waals surface area contributed by atoms with Crippen LogP contribution < -0.4 is 60.6 Å². The van der Waals surface area contributed by atoms with E-state index in [2.05, 4.69) is 41.5 Å². The number of H-pyrrole nitrogens is 1. The molecule has 28 heteroatoms. The number of aliphatic imine (C=N–C) groups is 1. The topological polar surface area (TPSA) is 495 Å². The molecule has 334 valence electrons. The molecule has 8 atom stereocenters. The molecule has 60 heavy (non-hydrogen) atoms. The van der Waals surface area contributed by atoms with E-state index in [0.717, 1.165) is 6.92 Å². The number of nitrogens with zero attached hydrogens (tertiary/aromatic N) is 2. The van der Waals surface area contributed by atoms with Gasteiger partial charge in [0.2, 0.25) is 47.3 Å². The van der Waals surface area contributed by atoms with Gasteiger partial charge in [-0.3, -0.25) is 48.1 Å². The number of aromatic amines is 1. The Morgan fingerprint density at radius 1 is 0.717 bits per heavy atom. The molecule has 28 nitrogen and oxygen atoms in total. The fourth-order valence-electron chi connectivity index (χ4n) is 5.03. The van der Waals surface area contributed by atoms with Gasteiger partial charge in [-0.05, 0) is 26.2 Å². The normalized spacial score (nSPS) is 14.8. The van der Waals surface area contributed by atoms with Crippen LogP contribution >= 0.6 is 0 Å². The molecule has 1 aromatic heterocycles. The van der Waals surface area contributed by atoms with E-state index in [0.29, 0.717) is 0 Å². The molecule has 0 aliphatic rings. The van der Waals surface area contributed by atoms with Crippen LogP contribution in [0.5, 0.6) is 0 Å². The highest BCUT2D eigenvalue weighted by atomic mass is 16.4. The van der Waals surface area contributed by atoms with Crippen molar-refractivity contribution in [3.8, 4) is 0 Å². The number of amides is 8. The number of nitrogens with one attached hydrogen (secondary N) is 7. The number of imidazole rings is 1. The number of primary amides is 2. The molecule has 0 unspecified atom stereocenters. The van der Waals surface area contributed by atoms with Crippen LogP contribution in [-0.4, -0.2) is 157 Å². The highest BCUT2D eigenvalue weighted by Crippen LogP contribution is 2.06. The maximum Gasteiger partial charge on any atom is 0.328 e. The Bertz CT molecular complexity index is 1720. The fraction of sp³-hybridized carbons (Fsp3) is 0.562. The molecule has 1 heterocycles. The number of hydrogen-bond acceptors (Lipinski definition) is 15. The Morgan fingerprint density at radius 2 is 1.23 bits per heavy atom. The zero-order valence-corrected chi connectivity index (χ0v) is 32.3. The summed E-state index contributed by atoms with van der Waals surface area (Å²) in [5, 5.41) is 51.7. The van der Waals surface area contributed by atoms with Crippen molar-refractivity contribution in [3.63, 3.8) is 0 Å². The standard InChI is InChI=1S/C32H52N14O14/c1-13(48)24(31(59)60)46-26(54)16(3-2-6-39-32(36)37)41-29(57)19(9-23(51)52)44-30(58)20(11-47)45-27(55)17(7-14-10-38-12-40-14)43-28(56)18(8-22(35)50)42-25(53)15(33)4-5-21(34)49/h10,12-13,15-20,24,47-48H,2-9,11,33H2,1H3,(H2,34,49)(H2,35,50)(H,38,40)(H,41,57)(H,42,53)(H,43,56)(H,44,58)(H,45,55)(H,46,54)(H,51,52)(H,59,60)(H4,36,37,39)/t13-,15+,16+,17+,18+,19+,20+,24+/m1/s1. The van der Waals surface area contributed by atoms with Crippen LogP contribution in [0.4, 0.5) is 0 Å². The second-order valence-corrected chi connectivity index (χ2v) is 13.2. The third kappa shape index (κ3) is 19.0. The SMILES string of the molecule is C[C@@H](O)[C@H](NC(=O)[C@H](CCCN=C(N)N)NC(=O)[C@H](CC(=O)O)NC(=O)[C@H](CO)NC(=O)[C@H](Cc1cnc[nH]1)NC(=O)[C@H](CC(N)=O)NC(=O)[C@@H](N)CCC(N)=O)C(=O)O. The quantitative estimate of drug-likeness (QED) is 0.0211. The smallest absolute Gasteiger partial charge is 0.328 e. The van der Waals surface area contributed by atoms with Crippen molar-refractivity contribution >= 4 is 65.2 Å². The van der Waals surface area contributed by atoms with Crippen molar-refractivity contribution in [3.05, 3.63) is 18.2 Å². The third-order valence-electron chi connectivity index (χ3n) is 8.14. The molecule has 1 rings (SSSR count). The summed E-state index contributed by atoms with van der Waals surface area (Å²) < 4.78 is 0. The zero-order valence-electron chi connectivity index (χ0n) is 32.3. The monoisotopic (exact) mass is 856 g/mol. The van der Waals surface area contributed by atoms with E-state index in [1.165, 1.54) is 12.5 Å². The second kappa shape index (κ2) is 25.4. The first kappa shape index (κ1) is 51.1. The first-order valence-electron chi connectivity index (χ1n) is 18.0. The van der Waals surface area contributed by atoms with Gasteiger partial charge >= 0.3 is 11.9 Å². The zero-order chi connectivity index (χ0) is 45.7. The van der Waals surface area contributed by atoms with Gasteiger partial charge in [0, 0.05) is 31.3 Å². The van der Waals surface area contributed by atoms with Gasteiger partial charge in [0.15, 0.2) is 12.0 Å². The van der Waals surface area contributed by atoms with Crippen molar-refractivity contribution in [2.24, 2.45) is 33.7 Å². The summed E-state index contributed by atoms with van der Waals surface area (Å²) in [5.74, 6) is -12.4. The predicted octanol–water partition coefficient (Wildman–Crippen LogP) is -8.68. The van der Waals surface area contributed by atoms with E-state index in [1.54, 1.807) is 0 Å². The van der Waals surface area contributed by atoms with Crippen LogP contribution in [0.1, 0.15) is 51.1 Å². The number of guanidine groups is 1. The van der Waals surface area contributed by atoms with Crippen LogP contribution in [0.2, 0.25) is 0 Å². The van der Waals surface area contributed by atoms with Crippen molar-refractivity contribution in [1.29, 1.82) is 0 Å². The van der Waals surface area contributed by atoms with Crippen LogP contribution in [0.15, 0.2) is 17.5 Å². The molecule has 0 aliphatic heterocycles. The van der Waals surface area contributed by atoms with E-state index in [1.807, 2.05) is 5.32 Å². The van der Waals surface area contributed by atoms with E-state index in [9.17, 15) is 68.4 Å². The number of aliphatic hydroxyl groups is 2. The van der Waals surface area contributed by atoms with Crippen molar-refractivity contribution in [2.75, 3.05) is 13.2 Å². The van der Waals surface area contributed by atoms with Gasteiger partial charge in [0.1, 0.15) is 30.2 Å². The number of hydrogen-bond donors (Lipinski definition) is 16. The Balaban J connectivity index is 3.32. The van der Waals surface area contributed by atoms with E-state index < -0.39 is 127 Å². The molecule has 21 N–H and O–H groups in total. The lowest BCUT2D eigenvalue weighted by Gasteiger charge is -2.26. The molecule has 0 bridgehead atoms. The van der Waals surface area contributed by atoms with Crippen molar-refractivity contribution in [2.45, 2.75) is 100 Å². The van der Waals surface area contributed by atoms with Gasteiger partial charge in [-0.1, -0.05) is 0 Å². The summed E-state index contributed by atoms with van der Waals surface area (Å²) in [6, 6.07) is -12.1. The average molecular weight is 857 g/mol. The van der Waals surface area contributed by atoms with E-state index >= 15 is 0 Å². The fourth-order valence-corrected chi connectivity index (χ4v) is 5.03. The number of carboxylic acid groups (broad SMARTS) is 2. The highest BCUT2D eigenvalue weighted by Gasteiger charge is 2.35. The van der Waals surface area contributed by atoms with Crippen LogP contribution in [0, 0.1) is 0 Å². The average Bonchev–Trinajstić information content (AvgIpc) is 3.67. The molecule has 1 aromatic rings. The number of aliphatic carboxylic acids is 2. The minimum atomic E-state index is -1.99. The van der Waals surface area contributed by atoms with Crippen LogP contribution in [0.25, 0.3) is 0 Å². The largest absolute Gasteiger partial charge is 0.481 e. The third-order valence-corrected chi connectivity index (χ3v) is 8.14. The molecule has 8 amide bonds. The summed E-state index contributed by atoms with van der Waals surface area (Å²) in [4.78, 5) is 136.